The van der Waals surface area contributed by atoms with Crippen molar-refractivity contribution in [1.29, 1.82) is 0 Å². The molecule has 0 aliphatic carbocycles. The molecule has 0 fully saturated rings. The van der Waals surface area contributed by atoms with E-state index in [-0.39, 0.29) is 22.3 Å². The number of aromatic nitrogens is 3. The van der Waals surface area contributed by atoms with E-state index in [4.69, 9.17) is 23.1 Å². The largest absolute Gasteiger partial charge is 0.506 e. The van der Waals surface area contributed by atoms with Gasteiger partial charge in [0.25, 0.3) is 5.91 Å². The summed E-state index contributed by atoms with van der Waals surface area (Å²) < 4.78 is 1.66. The smallest absolute Gasteiger partial charge is 0.268 e. The molecule has 0 aliphatic rings. The number of imidazole rings is 1. The maximum atomic E-state index is 11.6. The van der Waals surface area contributed by atoms with Crippen LogP contribution in [-0.2, 0) is 0 Å². The zero-order chi connectivity index (χ0) is 19.1. The summed E-state index contributed by atoms with van der Waals surface area (Å²) in [6, 6.07) is 14.2. The Morgan fingerprint density at radius 2 is 1.81 bits per heavy atom. The number of primary amides is 1. The Labute approximate surface area is 158 Å². The van der Waals surface area contributed by atoms with Crippen molar-refractivity contribution in [2.45, 2.75) is 0 Å². The molecule has 0 spiro atoms. The highest BCUT2D eigenvalue weighted by atomic mass is 35.5. The molecule has 0 atom stereocenters. The molecule has 8 heteroatoms. The quantitative estimate of drug-likeness (QED) is 0.505. The SMILES string of the molecule is NC(=O)c1cn2c(-c3ccc(O)c(Cl)c3)c(-c3ccccc3)nc(N)c2n1. The minimum Gasteiger partial charge on any atom is -0.506 e. The van der Waals surface area contributed by atoms with Crippen LogP contribution in [0.3, 0.4) is 0 Å². The van der Waals surface area contributed by atoms with Gasteiger partial charge in [-0.25, -0.2) is 9.97 Å². The van der Waals surface area contributed by atoms with Gasteiger partial charge in [-0.1, -0.05) is 41.9 Å². The fraction of sp³-hybridized carbons (Fsp3) is 0. The molecule has 27 heavy (non-hydrogen) atoms. The van der Waals surface area contributed by atoms with E-state index in [9.17, 15) is 9.90 Å². The van der Waals surface area contributed by atoms with Crippen molar-refractivity contribution in [2.75, 3.05) is 5.73 Å². The number of carbonyl (C=O) groups excluding carboxylic acids is 1. The number of benzene rings is 2. The standard InChI is InChI=1S/C19H14ClN5O2/c20-12-8-11(6-7-14(12)26)16-15(10-4-2-1-3-5-10)24-17(21)19-23-13(18(22)27)9-25(16)19/h1-9,26H,(H2,21,24)(H2,22,27). The summed E-state index contributed by atoms with van der Waals surface area (Å²) in [5.74, 6) is -0.547. The Morgan fingerprint density at radius 3 is 2.48 bits per heavy atom. The highest BCUT2D eigenvalue weighted by Crippen LogP contribution is 2.36. The lowest BCUT2D eigenvalue weighted by Gasteiger charge is -2.14. The molecule has 0 radical (unpaired) electrons. The number of phenolic OH excluding ortho intramolecular Hbond substituents is 1. The highest BCUT2D eigenvalue weighted by Gasteiger charge is 2.20. The van der Waals surface area contributed by atoms with E-state index in [1.807, 2.05) is 30.3 Å². The number of aromatic hydroxyl groups is 1. The predicted octanol–water partition coefficient (Wildman–Crippen LogP) is 3.10. The lowest BCUT2D eigenvalue weighted by molar-refractivity contribution is 0.0996. The van der Waals surface area contributed by atoms with Gasteiger partial charge in [0, 0.05) is 17.3 Å². The number of carbonyl (C=O) groups is 1. The number of fused-ring (bicyclic) bond motifs is 1. The summed E-state index contributed by atoms with van der Waals surface area (Å²) >= 11 is 6.11. The van der Waals surface area contributed by atoms with Gasteiger partial charge >= 0.3 is 0 Å². The van der Waals surface area contributed by atoms with Gasteiger partial charge in [-0.2, -0.15) is 0 Å². The summed E-state index contributed by atoms with van der Waals surface area (Å²) in [5, 5.41) is 9.95. The van der Waals surface area contributed by atoms with E-state index < -0.39 is 5.91 Å². The third-order valence-electron chi connectivity index (χ3n) is 4.15. The third-order valence-corrected chi connectivity index (χ3v) is 4.46. The molecule has 2 aromatic carbocycles. The van der Waals surface area contributed by atoms with Crippen LogP contribution in [0.25, 0.3) is 28.2 Å². The van der Waals surface area contributed by atoms with Crippen molar-refractivity contribution >= 4 is 29.0 Å². The average Bonchev–Trinajstić information content (AvgIpc) is 3.11. The number of hydrogen-bond acceptors (Lipinski definition) is 5. The van der Waals surface area contributed by atoms with E-state index in [1.165, 1.54) is 12.3 Å². The maximum Gasteiger partial charge on any atom is 0.268 e. The third kappa shape index (κ3) is 2.84. The lowest BCUT2D eigenvalue weighted by atomic mass is 10.0. The zero-order valence-electron chi connectivity index (χ0n) is 13.9. The first kappa shape index (κ1) is 16.9. The van der Waals surface area contributed by atoms with Crippen LogP contribution in [0.4, 0.5) is 5.82 Å². The minimum absolute atomic E-state index is 0.0372. The lowest BCUT2D eigenvalue weighted by Crippen LogP contribution is -2.10. The molecule has 2 heterocycles. The fourth-order valence-corrected chi connectivity index (χ4v) is 3.10. The van der Waals surface area contributed by atoms with Gasteiger partial charge in [0.05, 0.1) is 16.4 Å². The summed E-state index contributed by atoms with van der Waals surface area (Å²) in [7, 11) is 0. The van der Waals surface area contributed by atoms with Gasteiger partial charge in [0.1, 0.15) is 11.4 Å². The first-order valence-electron chi connectivity index (χ1n) is 7.98. The van der Waals surface area contributed by atoms with Crippen molar-refractivity contribution in [3.05, 3.63) is 65.4 Å². The summed E-state index contributed by atoms with van der Waals surface area (Å²) in [6.07, 6.45) is 1.51. The number of phenols is 1. The summed E-state index contributed by atoms with van der Waals surface area (Å²) in [4.78, 5) is 20.3. The second kappa shape index (κ2) is 6.30. The molecule has 0 unspecified atom stereocenters. The molecular formula is C19H14ClN5O2. The summed E-state index contributed by atoms with van der Waals surface area (Å²) in [6.45, 7) is 0. The topological polar surface area (TPSA) is 120 Å². The van der Waals surface area contributed by atoms with Crippen molar-refractivity contribution < 1.29 is 9.90 Å². The zero-order valence-corrected chi connectivity index (χ0v) is 14.7. The van der Waals surface area contributed by atoms with Crippen LogP contribution >= 0.6 is 11.6 Å². The van der Waals surface area contributed by atoms with Gasteiger partial charge in [-0.15, -0.1) is 0 Å². The second-order valence-electron chi connectivity index (χ2n) is 5.91. The predicted molar refractivity (Wildman–Crippen MR) is 103 cm³/mol. The van der Waals surface area contributed by atoms with Crippen LogP contribution in [0.5, 0.6) is 5.75 Å². The van der Waals surface area contributed by atoms with Gasteiger partial charge in [0.2, 0.25) is 0 Å². The van der Waals surface area contributed by atoms with Crippen molar-refractivity contribution in [1.82, 2.24) is 14.4 Å². The van der Waals surface area contributed by atoms with E-state index in [2.05, 4.69) is 9.97 Å². The number of hydrogen-bond donors (Lipinski definition) is 3. The van der Waals surface area contributed by atoms with Crippen LogP contribution in [-0.4, -0.2) is 25.4 Å². The minimum atomic E-state index is -0.672. The molecule has 0 saturated carbocycles. The Kier molecular flexibility index (Phi) is 3.93. The Bertz CT molecular complexity index is 1190. The highest BCUT2D eigenvalue weighted by molar-refractivity contribution is 6.32. The van der Waals surface area contributed by atoms with Gasteiger partial charge in [0.15, 0.2) is 11.5 Å². The van der Waals surface area contributed by atoms with Crippen molar-refractivity contribution in [3.63, 3.8) is 0 Å². The number of nitrogens with zero attached hydrogens (tertiary/aromatic N) is 3. The first-order valence-corrected chi connectivity index (χ1v) is 8.36. The molecule has 4 aromatic rings. The van der Waals surface area contributed by atoms with Crippen molar-refractivity contribution in [3.8, 4) is 28.3 Å². The molecule has 0 saturated heterocycles. The second-order valence-corrected chi connectivity index (χ2v) is 6.32. The number of rotatable bonds is 3. The molecule has 2 aromatic heterocycles. The average molecular weight is 380 g/mol. The molecule has 1 amide bonds. The van der Waals surface area contributed by atoms with Gasteiger partial charge in [-0.05, 0) is 18.2 Å². The molecule has 134 valence electrons. The van der Waals surface area contributed by atoms with E-state index in [1.54, 1.807) is 16.5 Å². The molecular weight excluding hydrogens is 366 g/mol. The number of nitrogen functional groups attached to an aromatic ring is 1. The van der Waals surface area contributed by atoms with Crippen LogP contribution < -0.4 is 11.5 Å². The summed E-state index contributed by atoms with van der Waals surface area (Å²) in [5.41, 5.74) is 14.5. The Hall–Kier alpha value is -3.58. The molecule has 0 bridgehead atoms. The van der Waals surface area contributed by atoms with Gasteiger partial charge < -0.3 is 16.6 Å². The number of amides is 1. The van der Waals surface area contributed by atoms with E-state index in [0.717, 1.165) is 5.56 Å². The van der Waals surface area contributed by atoms with E-state index >= 15 is 0 Å². The van der Waals surface area contributed by atoms with Crippen LogP contribution in [0, 0.1) is 0 Å². The molecule has 0 aliphatic heterocycles. The van der Waals surface area contributed by atoms with Gasteiger partial charge in [-0.3, -0.25) is 9.20 Å². The Balaban J connectivity index is 2.12. The monoisotopic (exact) mass is 379 g/mol. The molecule has 5 N–H and O–H groups in total. The van der Waals surface area contributed by atoms with E-state index in [0.29, 0.717) is 22.6 Å². The Morgan fingerprint density at radius 1 is 1.07 bits per heavy atom. The number of anilines is 1. The number of nitrogens with two attached hydrogens (primary N) is 2. The first-order chi connectivity index (χ1) is 13.0. The van der Waals surface area contributed by atoms with Crippen LogP contribution in [0.1, 0.15) is 10.5 Å². The van der Waals surface area contributed by atoms with Crippen molar-refractivity contribution in [2.24, 2.45) is 5.73 Å². The fourth-order valence-electron chi connectivity index (χ4n) is 2.91. The normalized spacial score (nSPS) is 11.0. The molecule has 4 rings (SSSR count). The number of halogens is 1. The van der Waals surface area contributed by atoms with Crippen LogP contribution in [0.15, 0.2) is 54.7 Å². The molecule has 7 nitrogen and oxygen atoms in total. The maximum absolute atomic E-state index is 11.6. The van der Waals surface area contributed by atoms with Crippen LogP contribution in [0.2, 0.25) is 5.02 Å².